The molecule has 0 amide bonds. The summed E-state index contributed by atoms with van der Waals surface area (Å²) >= 11 is 0. The highest BCUT2D eigenvalue weighted by Gasteiger charge is 2.26. The molecule has 1 heterocycles. The molecule has 2 aromatic carbocycles. The lowest BCUT2D eigenvalue weighted by atomic mass is 9.89. The molecule has 1 aliphatic heterocycles. The molecule has 0 spiro atoms. The zero-order chi connectivity index (χ0) is 17.5. The van der Waals surface area contributed by atoms with Gasteiger partial charge in [0.15, 0.2) is 0 Å². The Hall–Kier alpha value is -2.46. The molecule has 0 bridgehead atoms. The monoisotopic (exact) mass is 319 g/mol. The minimum Gasteiger partial charge on any atom is -0.387 e. The molecule has 0 aromatic heterocycles. The second-order valence-corrected chi connectivity index (χ2v) is 6.05. The van der Waals surface area contributed by atoms with Crippen LogP contribution in [0.25, 0.3) is 11.1 Å². The molecule has 1 N–H and O–H groups in total. The maximum atomic E-state index is 3.99. The van der Waals surface area contributed by atoms with Gasteiger partial charge in [0.05, 0.1) is 0 Å². The number of benzene rings is 1. The van der Waals surface area contributed by atoms with E-state index >= 15 is 0 Å². The summed E-state index contributed by atoms with van der Waals surface area (Å²) in [6.45, 7) is 12.3. The predicted octanol–water partition coefficient (Wildman–Crippen LogP) is 5.78. The highest BCUT2D eigenvalue weighted by molar-refractivity contribution is 5.68. The van der Waals surface area contributed by atoms with E-state index in [9.17, 15) is 0 Å². The van der Waals surface area contributed by atoms with Crippen molar-refractivity contribution in [2.45, 2.75) is 40.2 Å². The van der Waals surface area contributed by atoms with Gasteiger partial charge in [-0.1, -0.05) is 75.4 Å². The van der Waals surface area contributed by atoms with E-state index in [1.165, 1.54) is 16.7 Å². The minimum absolute atomic E-state index is 0. The van der Waals surface area contributed by atoms with Gasteiger partial charge in [0.2, 0.25) is 0 Å². The molecule has 0 radical (unpaired) electrons. The molecular weight excluding hydrogens is 290 g/mol. The van der Waals surface area contributed by atoms with Crippen molar-refractivity contribution in [2.75, 3.05) is 0 Å². The number of hydrogen-bond acceptors (Lipinski definition) is 1. The molecule has 1 aliphatic rings. The lowest BCUT2D eigenvalue weighted by molar-refractivity contribution is 0.517. The SMILES string of the molecule is C=C(C)c1ccc(CC2NC=C(c3c#cccc3)C2C)cc1.CC.[HH]. The van der Waals surface area contributed by atoms with Crippen molar-refractivity contribution in [1.29, 1.82) is 0 Å². The predicted molar refractivity (Wildman–Crippen MR) is 106 cm³/mol. The molecule has 0 saturated carbocycles. The first-order valence-corrected chi connectivity index (χ1v) is 8.75. The summed E-state index contributed by atoms with van der Waals surface area (Å²) in [5, 5.41) is 3.53. The Balaban J connectivity index is 0.00000101. The summed E-state index contributed by atoms with van der Waals surface area (Å²) in [4.78, 5) is 0. The normalized spacial score (nSPS) is 18.6. The molecule has 0 aliphatic carbocycles. The second kappa shape index (κ2) is 8.41. The summed E-state index contributed by atoms with van der Waals surface area (Å²) < 4.78 is 0. The number of nitrogens with one attached hydrogen (secondary N) is 1. The summed E-state index contributed by atoms with van der Waals surface area (Å²) in [5.74, 6) is 0.466. The Morgan fingerprint density at radius 2 is 1.92 bits per heavy atom. The maximum absolute atomic E-state index is 3.99. The first-order valence-electron chi connectivity index (χ1n) is 8.75. The first-order chi connectivity index (χ1) is 11.6. The van der Waals surface area contributed by atoms with Crippen molar-refractivity contribution >= 4 is 11.1 Å². The van der Waals surface area contributed by atoms with Crippen LogP contribution in [0.3, 0.4) is 0 Å². The largest absolute Gasteiger partial charge is 0.387 e. The minimum atomic E-state index is 0. The molecule has 3 rings (SSSR count). The van der Waals surface area contributed by atoms with Crippen LogP contribution in [-0.2, 0) is 6.42 Å². The van der Waals surface area contributed by atoms with E-state index in [1.54, 1.807) is 0 Å². The molecule has 2 aromatic rings. The van der Waals surface area contributed by atoms with Crippen molar-refractivity contribution in [3.63, 3.8) is 0 Å². The van der Waals surface area contributed by atoms with E-state index < -0.39 is 0 Å². The van der Waals surface area contributed by atoms with Crippen LogP contribution in [0.5, 0.6) is 0 Å². The molecule has 0 saturated heterocycles. The summed E-state index contributed by atoms with van der Waals surface area (Å²) in [5.41, 5.74) is 6.14. The van der Waals surface area contributed by atoms with E-state index in [-0.39, 0.29) is 1.43 Å². The lowest BCUT2D eigenvalue weighted by Crippen LogP contribution is -2.28. The highest BCUT2D eigenvalue weighted by Crippen LogP contribution is 2.30. The van der Waals surface area contributed by atoms with Gasteiger partial charge in [-0.25, -0.2) is 0 Å². The van der Waals surface area contributed by atoms with Crippen LogP contribution in [0.15, 0.2) is 55.2 Å². The summed E-state index contributed by atoms with van der Waals surface area (Å²) in [7, 11) is 0. The fourth-order valence-corrected chi connectivity index (χ4v) is 2.95. The lowest BCUT2D eigenvalue weighted by Gasteiger charge is -2.19. The molecule has 126 valence electrons. The van der Waals surface area contributed by atoms with Crippen molar-refractivity contribution in [2.24, 2.45) is 5.92 Å². The molecule has 1 nitrogen and oxygen atoms in total. The Kier molecular flexibility index (Phi) is 6.27. The van der Waals surface area contributed by atoms with Crippen LogP contribution in [-0.4, -0.2) is 6.04 Å². The fraction of sp³-hybridized carbons (Fsp3) is 0.304. The molecule has 2 atom stereocenters. The van der Waals surface area contributed by atoms with Gasteiger partial charge in [-0.15, -0.1) is 0 Å². The third kappa shape index (κ3) is 4.09. The Bertz CT molecular complexity index is 686. The summed E-state index contributed by atoms with van der Waals surface area (Å²) in [6, 6.07) is 21.4. The molecule has 0 fully saturated rings. The van der Waals surface area contributed by atoms with Gasteiger partial charge < -0.3 is 5.32 Å². The Morgan fingerprint density at radius 1 is 1.21 bits per heavy atom. The van der Waals surface area contributed by atoms with Crippen molar-refractivity contribution < 1.29 is 1.43 Å². The molecular formula is C23H29N. The Labute approximate surface area is 148 Å². The average molecular weight is 319 g/mol. The van der Waals surface area contributed by atoms with Crippen LogP contribution in [0, 0.1) is 18.1 Å². The molecule has 24 heavy (non-hydrogen) atoms. The van der Waals surface area contributed by atoms with E-state index in [0.29, 0.717) is 12.0 Å². The quantitative estimate of drug-likeness (QED) is 0.752. The van der Waals surface area contributed by atoms with Crippen molar-refractivity contribution in [1.82, 2.24) is 5.32 Å². The van der Waals surface area contributed by atoms with Gasteiger partial charge in [-0.2, -0.15) is 0 Å². The van der Waals surface area contributed by atoms with E-state index in [1.807, 2.05) is 32.9 Å². The maximum Gasteiger partial charge on any atom is 0.0363 e. The van der Waals surface area contributed by atoms with Gasteiger partial charge >= 0.3 is 0 Å². The third-order valence-electron chi connectivity index (χ3n) is 4.41. The standard InChI is InChI=1S/C21H21N.C2H6.H2/c1-15(2)18-11-9-17(10-12-18)13-21-16(3)20(14-22-21)19-7-5-4-6-8-19;1-2;/h4-5,7,9-12,14,16,21-22H,1,13H2,2-3H3;1-2H3;1H. The van der Waals surface area contributed by atoms with Crippen molar-refractivity contribution in [3.8, 4) is 0 Å². The summed E-state index contributed by atoms with van der Waals surface area (Å²) in [6.07, 6.45) is 3.16. The van der Waals surface area contributed by atoms with Crippen LogP contribution in [0.1, 0.15) is 45.8 Å². The molecule has 2 unspecified atom stereocenters. The zero-order valence-electron chi connectivity index (χ0n) is 15.2. The second-order valence-electron chi connectivity index (χ2n) is 6.05. The smallest absolute Gasteiger partial charge is 0.0363 e. The van der Waals surface area contributed by atoms with Crippen LogP contribution < -0.4 is 5.32 Å². The van der Waals surface area contributed by atoms with Crippen molar-refractivity contribution in [3.05, 3.63) is 84.1 Å². The zero-order valence-corrected chi connectivity index (χ0v) is 15.2. The topological polar surface area (TPSA) is 12.0 Å². The van der Waals surface area contributed by atoms with E-state index in [4.69, 9.17) is 0 Å². The number of hydrogen-bond donors (Lipinski definition) is 1. The van der Waals surface area contributed by atoms with E-state index in [2.05, 4.69) is 67.5 Å². The third-order valence-corrected chi connectivity index (χ3v) is 4.41. The highest BCUT2D eigenvalue weighted by atomic mass is 14.9. The molecule has 1 heteroatoms. The van der Waals surface area contributed by atoms with Gasteiger partial charge in [0.1, 0.15) is 0 Å². The Morgan fingerprint density at radius 3 is 2.50 bits per heavy atom. The average Bonchev–Trinajstić information content (AvgIpc) is 2.98. The van der Waals surface area contributed by atoms with Crippen LogP contribution in [0.2, 0.25) is 0 Å². The van der Waals surface area contributed by atoms with Crippen LogP contribution >= 0.6 is 0 Å². The number of allylic oxidation sites excluding steroid dienone is 1. The van der Waals surface area contributed by atoms with Gasteiger partial charge in [-0.05, 0) is 42.2 Å². The fourth-order valence-electron chi connectivity index (χ4n) is 2.95. The van der Waals surface area contributed by atoms with Crippen LogP contribution in [0.4, 0.5) is 0 Å². The number of rotatable bonds is 4. The first kappa shape index (κ1) is 17.9. The van der Waals surface area contributed by atoms with Gasteiger partial charge in [0.25, 0.3) is 0 Å². The van der Waals surface area contributed by atoms with E-state index in [0.717, 1.165) is 17.6 Å². The van der Waals surface area contributed by atoms with Gasteiger partial charge in [-0.3, -0.25) is 0 Å². The van der Waals surface area contributed by atoms with Gasteiger partial charge in [0, 0.05) is 25.1 Å².